The lowest BCUT2D eigenvalue weighted by Crippen LogP contribution is -2.51. The summed E-state index contributed by atoms with van der Waals surface area (Å²) >= 11 is 5.59. The van der Waals surface area contributed by atoms with E-state index in [2.05, 4.69) is 5.32 Å². The predicted molar refractivity (Wildman–Crippen MR) is 117 cm³/mol. The van der Waals surface area contributed by atoms with Crippen molar-refractivity contribution in [2.45, 2.75) is 6.04 Å². The van der Waals surface area contributed by atoms with Crippen LogP contribution in [0.4, 0.5) is 17.2 Å². The molecule has 152 valence electrons. The fourth-order valence-electron chi connectivity index (χ4n) is 3.62. The number of nitro benzene ring substituents is 1. The van der Waals surface area contributed by atoms with Crippen LogP contribution in [0.3, 0.4) is 0 Å². The second kappa shape index (κ2) is 7.23. The summed E-state index contributed by atoms with van der Waals surface area (Å²) in [5.74, 6) is 0.309. The highest BCUT2D eigenvalue weighted by molar-refractivity contribution is 7.80. The maximum Gasteiger partial charge on any atom is 0.332 e. The first kappa shape index (κ1) is 19.5. The first-order valence-electron chi connectivity index (χ1n) is 9.00. The number of nitrogens with zero attached hydrogens (tertiary/aromatic N) is 4. The second-order valence-electron chi connectivity index (χ2n) is 6.85. The molecule has 0 saturated carbocycles. The number of benzene rings is 2. The number of nitro groups is 1. The van der Waals surface area contributed by atoms with E-state index >= 15 is 0 Å². The maximum atomic E-state index is 13.2. The van der Waals surface area contributed by atoms with E-state index in [0.717, 1.165) is 10.3 Å². The molecule has 0 radical (unpaired) electrons. The van der Waals surface area contributed by atoms with E-state index < -0.39 is 22.2 Å². The second-order valence-corrected chi connectivity index (χ2v) is 7.24. The lowest BCUT2D eigenvalue weighted by molar-refractivity contribution is -0.384. The first-order chi connectivity index (χ1) is 14.3. The summed E-state index contributed by atoms with van der Waals surface area (Å²) in [6, 6.07) is 14.5. The Kier molecular flexibility index (Phi) is 4.70. The average molecular weight is 423 g/mol. The van der Waals surface area contributed by atoms with Crippen molar-refractivity contribution >= 4 is 34.5 Å². The number of para-hydroxylation sites is 1. The molecule has 2 heterocycles. The third kappa shape index (κ3) is 2.98. The Bertz CT molecular complexity index is 1280. The molecule has 1 unspecified atom stereocenters. The topological polar surface area (TPSA) is 102 Å². The van der Waals surface area contributed by atoms with Crippen molar-refractivity contribution in [2.24, 2.45) is 14.1 Å². The third-order valence-electron chi connectivity index (χ3n) is 5.13. The van der Waals surface area contributed by atoms with E-state index in [9.17, 15) is 19.7 Å². The van der Waals surface area contributed by atoms with Gasteiger partial charge in [0.2, 0.25) is 0 Å². The van der Waals surface area contributed by atoms with Gasteiger partial charge in [-0.1, -0.05) is 18.2 Å². The molecule has 1 aromatic heterocycles. The van der Waals surface area contributed by atoms with E-state index in [-0.39, 0.29) is 5.69 Å². The van der Waals surface area contributed by atoms with Gasteiger partial charge in [-0.05, 0) is 42.0 Å². The summed E-state index contributed by atoms with van der Waals surface area (Å²) in [5.41, 5.74) is 0.684. The number of nitrogens with one attached hydrogen (secondary N) is 1. The number of anilines is 2. The van der Waals surface area contributed by atoms with Gasteiger partial charge in [0.1, 0.15) is 5.82 Å². The molecule has 0 spiro atoms. The fraction of sp³-hybridized carbons (Fsp3) is 0.150. The van der Waals surface area contributed by atoms with E-state index in [4.69, 9.17) is 12.2 Å². The van der Waals surface area contributed by atoms with Crippen LogP contribution in [0, 0.1) is 10.1 Å². The summed E-state index contributed by atoms with van der Waals surface area (Å²) in [6.45, 7) is 0. The molecule has 1 aliphatic rings. The van der Waals surface area contributed by atoms with Crippen LogP contribution < -0.4 is 21.5 Å². The average Bonchev–Trinajstić information content (AvgIpc) is 2.76. The molecule has 3 aromatic rings. The van der Waals surface area contributed by atoms with Crippen molar-refractivity contribution in [3.63, 3.8) is 0 Å². The van der Waals surface area contributed by atoms with Crippen LogP contribution in [0.1, 0.15) is 17.2 Å². The van der Waals surface area contributed by atoms with Gasteiger partial charge in [-0.15, -0.1) is 0 Å². The SMILES string of the molecule is Cn1c2c(c(=O)n(C)c1=O)C(c1ccc([N+](=O)[O-])cc1)N(c1ccccc1)C(=S)N2. The van der Waals surface area contributed by atoms with Gasteiger partial charge in [0.25, 0.3) is 11.2 Å². The summed E-state index contributed by atoms with van der Waals surface area (Å²) in [7, 11) is 2.97. The zero-order valence-corrected chi connectivity index (χ0v) is 16.9. The summed E-state index contributed by atoms with van der Waals surface area (Å²) in [5, 5.41) is 14.4. The first-order valence-corrected chi connectivity index (χ1v) is 9.41. The normalized spacial score (nSPS) is 15.5. The van der Waals surface area contributed by atoms with Gasteiger partial charge in [0, 0.05) is 31.9 Å². The predicted octanol–water partition coefficient (Wildman–Crippen LogP) is 2.30. The van der Waals surface area contributed by atoms with E-state index in [0.29, 0.717) is 22.1 Å². The zero-order chi connectivity index (χ0) is 21.6. The Morgan fingerprint density at radius 2 is 1.63 bits per heavy atom. The molecule has 0 bridgehead atoms. The van der Waals surface area contributed by atoms with Crippen molar-refractivity contribution in [3.05, 3.63) is 96.7 Å². The van der Waals surface area contributed by atoms with Gasteiger partial charge in [-0.2, -0.15) is 0 Å². The van der Waals surface area contributed by atoms with Gasteiger partial charge in [-0.3, -0.25) is 24.0 Å². The minimum absolute atomic E-state index is 0.0601. The fourth-order valence-corrected chi connectivity index (χ4v) is 3.93. The molecule has 1 atom stereocenters. The zero-order valence-electron chi connectivity index (χ0n) is 16.1. The van der Waals surface area contributed by atoms with Crippen LogP contribution in [0.2, 0.25) is 0 Å². The van der Waals surface area contributed by atoms with Gasteiger partial charge in [-0.25, -0.2) is 4.79 Å². The molecule has 0 aliphatic carbocycles. The lowest BCUT2D eigenvalue weighted by Gasteiger charge is -2.39. The van der Waals surface area contributed by atoms with Crippen molar-refractivity contribution in [1.82, 2.24) is 9.13 Å². The minimum Gasteiger partial charge on any atom is -0.318 e. The standard InChI is InChI=1S/C20H17N5O4S/c1-22-17-15(18(26)23(2)20(22)27)16(12-8-10-14(11-9-12)25(28)29)24(19(30)21-17)13-6-4-3-5-7-13/h3-11,16H,1-2H3,(H,21,30). The Hall–Kier alpha value is -3.79. The van der Waals surface area contributed by atoms with Crippen LogP contribution >= 0.6 is 12.2 Å². The van der Waals surface area contributed by atoms with Gasteiger partial charge < -0.3 is 10.2 Å². The number of hydrogen-bond donors (Lipinski definition) is 1. The molecule has 0 fully saturated rings. The van der Waals surface area contributed by atoms with Crippen LogP contribution in [-0.4, -0.2) is 19.2 Å². The molecular formula is C20H17N5O4S. The maximum absolute atomic E-state index is 13.2. The Morgan fingerprint density at radius 1 is 1.00 bits per heavy atom. The Morgan fingerprint density at radius 3 is 2.23 bits per heavy atom. The van der Waals surface area contributed by atoms with E-state index in [1.807, 2.05) is 30.3 Å². The van der Waals surface area contributed by atoms with Gasteiger partial charge >= 0.3 is 5.69 Å². The van der Waals surface area contributed by atoms with E-state index in [1.165, 1.54) is 23.7 Å². The van der Waals surface area contributed by atoms with Crippen molar-refractivity contribution in [2.75, 3.05) is 10.2 Å². The van der Waals surface area contributed by atoms with Crippen LogP contribution in [-0.2, 0) is 14.1 Å². The minimum atomic E-state index is -0.678. The number of thiocarbonyl (C=S) groups is 1. The van der Waals surface area contributed by atoms with Crippen LogP contribution in [0.25, 0.3) is 0 Å². The molecule has 9 nitrogen and oxygen atoms in total. The number of aromatic nitrogens is 2. The summed E-state index contributed by atoms with van der Waals surface area (Å²) in [4.78, 5) is 38.0. The van der Waals surface area contributed by atoms with Gasteiger partial charge in [0.05, 0.1) is 16.5 Å². The Balaban J connectivity index is 2.03. The quantitative estimate of drug-likeness (QED) is 0.392. The molecule has 4 rings (SSSR count). The molecular weight excluding hydrogens is 406 g/mol. The molecule has 30 heavy (non-hydrogen) atoms. The summed E-state index contributed by atoms with van der Waals surface area (Å²) in [6.07, 6.45) is 0. The van der Waals surface area contributed by atoms with Crippen molar-refractivity contribution in [1.29, 1.82) is 0 Å². The number of rotatable bonds is 3. The molecule has 1 aliphatic heterocycles. The highest BCUT2D eigenvalue weighted by Crippen LogP contribution is 2.38. The molecule has 0 amide bonds. The van der Waals surface area contributed by atoms with Crippen molar-refractivity contribution in [3.8, 4) is 0 Å². The monoisotopic (exact) mass is 423 g/mol. The highest BCUT2D eigenvalue weighted by atomic mass is 32.1. The molecule has 0 saturated heterocycles. The lowest BCUT2D eigenvalue weighted by atomic mass is 9.95. The smallest absolute Gasteiger partial charge is 0.318 e. The van der Waals surface area contributed by atoms with E-state index in [1.54, 1.807) is 24.1 Å². The Labute approximate surface area is 176 Å². The van der Waals surface area contributed by atoms with Crippen LogP contribution in [0.15, 0.2) is 64.2 Å². The summed E-state index contributed by atoms with van der Waals surface area (Å²) < 4.78 is 2.38. The largest absolute Gasteiger partial charge is 0.332 e. The molecule has 1 N–H and O–H groups in total. The molecule has 10 heteroatoms. The van der Waals surface area contributed by atoms with Crippen LogP contribution in [0.5, 0.6) is 0 Å². The number of non-ortho nitro benzene ring substituents is 1. The number of fused-ring (bicyclic) bond motifs is 1. The third-order valence-corrected chi connectivity index (χ3v) is 5.43. The highest BCUT2D eigenvalue weighted by Gasteiger charge is 2.37. The van der Waals surface area contributed by atoms with Crippen molar-refractivity contribution < 1.29 is 4.92 Å². The molecule has 2 aromatic carbocycles. The van der Waals surface area contributed by atoms with Gasteiger partial charge in [0.15, 0.2) is 5.11 Å². The number of hydrogen-bond acceptors (Lipinski definition) is 5.